The van der Waals surface area contributed by atoms with E-state index >= 15 is 0 Å². The fourth-order valence-corrected chi connectivity index (χ4v) is 3.19. The van der Waals surface area contributed by atoms with Gasteiger partial charge in [-0.1, -0.05) is 16.8 Å². The number of carbonyl (C=O) groups excluding carboxylic acids is 1. The standard InChI is InChI=1S/C19H15ClFN3O3/c1-26-16-7-2-11(8-15(16)21)19-22-18(23-27-19)12-9-17(25)24(10-12)14-5-3-13(20)4-6-14/h2-8,12H,9-10H2,1H3. The van der Waals surface area contributed by atoms with Crippen molar-refractivity contribution in [1.29, 1.82) is 0 Å². The first-order valence-corrected chi connectivity index (χ1v) is 8.66. The van der Waals surface area contributed by atoms with E-state index in [1.165, 1.54) is 19.2 Å². The predicted octanol–water partition coefficient (Wildman–Crippen LogP) is 4.06. The molecule has 1 fully saturated rings. The summed E-state index contributed by atoms with van der Waals surface area (Å²) in [4.78, 5) is 18.4. The highest BCUT2D eigenvalue weighted by Gasteiger charge is 2.34. The number of methoxy groups -OCH3 is 1. The fraction of sp³-hybridized carbons (Fsp3) is 0.211. The van der Waals surface area contributed by atoms with Crippen LogP contribution in [0.25, 0.3) is 11.5 Å². The lowest BCUT2D eigenvalue weighted by Gasteiger charge is -2.16. The molecule has 0 radical (unpaired) electrons. The maximum atomic E-state index is 13.9. The van der Waals surface area contributed by atoms with Gasteiger partial charge in [0.2, 0.25) is 5.91 Å². The van der Waals surface area contributed by atoms with Crippen LogP contribution in [0.1, 0.15) is 18.2 Å². The van der Waals surface area contributed by atoms with Crippen molar-refractivity contribution in [2.75, 3.05) is 18.6 Å². The number of rotatable bonds is 4. The molecule has 1 aliphatic rings. The zero-order chi connectivity index (χ0) is 19.0. The van der Waals surface area contributed by atoms with Crippen LogP contribution in [0.5, 0.6) is 5.75 Å². The third-order valence-electron chi connectivity index (χ3n) is 4.47. The molecule has 2 aromatic carbocycles. The number of carbonyl (C=O) groups is 1. The maximum Gasteiger partial charge on any atom is 0.258 e. The van der Waals surface area contributed by atoms with Crippen LogP contribution in [0, 0.1) is 5.82 Å². The minimum Gasteiger partial charge on any atom is -0.494 e. The molecule has 8 heteroatoms. The predicted molar refractivity (Wildman–Crippen MR) is 97.4 cm³/mol. The Bertz CT molecular complexity index is 990. The van der Waals surface area contributed by atoms with Crippen LogP contribution in [0.2, 0.25) is 5.02 Å². The zero-order valence-electron chi connectivity index (χ0n) is 14.4. The van der Waals surface area contributed by atoms with Crippen LogP contribution in [0.3, 0.4) is 0 Å². The van der Waals surface area contributed by atoms with E-state index in [-0.39, 0.29) is 29.9 Å². The highest BCUT2D eigenvalue weighted by molar-refractivity contribution is 6.30. The van der Waals surface area contributed by atoms with Crippen LogP contribution in [0.15, 0.2) is 47.0 Å². The maximum absolute atomic E-state index is 13.9. The Morgan fingerprint density at radius 1 is 1.26 bits per heavy atom. The number of hydrogen-bond donors (Lipinski definition) is 0. The molecule has 1 unspecified atom stereocenters. The number of hydrogen-bond acceptors (Lipinski definition) is 5. The summed E-state index contributed by atoms with van der Waals surface area (Å²) in [5.74, 6) is 0.0196. The Kier molecular flexibility index (Phi) is 4.53. The molecule has 27 heavy (non-hydrogen) atoms. The average molecular weight is 388 g/mol. The lowest BCUT2D eigenvalue weighted by molar-refractivity contribution is -0.117. The van der Waals surface area contributed by atoms with Crippen LogP contribution in [-0.2, 0) is 4.79 Å². The molecule has 1 aromatic heterocycles. The Labute approximate surface area is 159 Å². The topological polar surface area (TPSA) is 68.5 Å². The lowest BCUT2D eigenvalue weighted by atomic mass is 10.1. The number of benzene rings is 2. The van der Waals surface area contributed by atoms with E-state index in [0.29, 0.717) is 23.0 Å². The van der Waals surface area contributed by atoms with Gasteiger partial charge in [-0.25, -0.2) is 4.39 Å². The minimum atomic E-state index is -0.514. The molecule has 0 saturated carbocycles. The van der Waals surface area contributed by atoms with Gasteiger partial charge in [-0.15, -0.1) is 0 Å². The monoisotopic (exact) mass is 387 g/mol. The first-order chi connectivity index (χ1) is 13.0. The van der Waals surface area contributed by atoms with E-state index in [2.05, 4.69) is 10.1 Å². The third-order valence-corrected chi connectivity index (χ3v) is 4.72. The van der Waals surface area contributed by atoms with Crippen LogP contribution < -0.4 is 9.64 Å². The summed E-state index contributed by atoms with van der Waals surface area (Å²) in [6.45, 7) is 0.441. The van der Waals surface area contributed by atoms with Gasteiger partial charge in [0.15, 0.2) is 17.4 Å². The van der Waals surface area contributed by atoms with Gasteiger partial charge in [-0.05, 0) is 42.5 Å². The summed E-state index contributed by atoms with van der Waals surface area (Å²) in [5, 5.41) is 4.59. The number of anilines is 1. The molecule has 0 bridgehead atoms. The van der Waals surface area contributed by atoms with Gasteiger partial charge in [0, 0.05) is 35.2 Å². The molecule has 1 aliphatic heterocycles. The van der Waals surface area contributed by atoms with E-state index in [4.69, 9.17) is 20.9 Å². The van der Waals surface area contributed by atoms with Gasteiger partial charge >= 0.3 is 0 Å². The van der Waals surface area contributed by atoms with Gasteiger partial charge < -0.3 is 14.2 Å². The van der Waals surface area contributed by atoms with Crippen LogP contribution in [-0.4, -0.2) is 29.7 Å². The van der Waals surface area contributed by atoms with E-state index < -0.39 is 5.82 Å². The van der Waals surface area contributed by atoms with Crippen molar-refractivity contribution in [3.63, 3.8) is 0 Å². The zero-order valence-corrected chi connectivity index (χ0v) is 15.1. The molecule has 1 saturated heterocycles. The molecule has 0 aliphatic carbocycles. The van der Waals surface area contributed by atoms with Crippen molar-refractivity contribution in [3.05, 3.63) is 59.1 Å². The van der Waals surface area contributed by atoms with E-state index in [1.54, 1.807) is 35.2 Å². The molecule has 138 valence electrons. The summed E-state index contributed by atoms with van der Waals surface area (Å²) in [6.07, 6.45) is 0.276. The first kappa shape index (κ1) is 17.5. The molecule has 1 amide bonds. The average Bonchev–Trinajstić information content (AvgIpc) is 3.29. The number of aromatic nitrogens is 2. The number of ether oxygens (including phenoxy) is 1. The quantitative estimate of drug-likeness (QED) is 0.675. The van der Waals surface area contributed by atoms with E-state index in [0.717, 1.165) is 5.69 Å². The van der Waals surface area contributed by atoms with Gasteiger partial charge in [-0.3, -0.25) is 4.79 Å². The molecule has 1 atom stereocenters. The minimum absolute atomic E-state index is 0.0239. The summed E-state index contributed by atoms with van der Waals surface area (Å²) in [6, 6.07) is 11.5. The highest BCUT2D eigenvalue weighted by atomic mass is 35.5. The SMILES string of the molecule is COc1ccc(-c2nc(C3CC(=O)N(c4ccc(Cl)cc4)C3)no2)cc1F. The number of halogens is 2. The van der Waals surface area contributed by atoms with Crippen molar-refractivity contribution in [3.8, 4) is 17.2 Å². The largest absolute Gasteiger partial charge is 0.494 e. The molecule has 6 nitrogen and oxygen atoms in total. The van der Waals surface area contributed by atoms with Crippen molar-refractivity contribution in [2.45, 2.75) is 12.3 Å². The Balaban J connectivity index is 1.54. The summed E-state index contributed by atoms with van der Waals surface area (Å²) in [5.41, 5.74) is 1.22. The molecule has 3 aromatic rings. The third kappa shape index (κ3) is 3.38. The van der Waals surface area contributed by atoms with Crippen LogP contribution >= 0.6 is 11.6 Å². The van der Waals surface area contributed by atoms with Crippen molar-refractivity contribution >= 4 is 23.2 Å². The number of amides is 1. The summed E-state index contributed by atoms with van der Waals surface area (Å²) in [7, 11) is 1.40. The van der Waals surface area contributed by atoms with Gasteiger partial charge in [0.1, 0.15) is 0 Å². The molecule has 0 N–H and O–H groups in total. The highest BCUT2D eigenvalue weighted by Crippen LogP contribution is 2.32. The molecular weight excluding hydrogens is 373 g/mol. The molecule has 0 spiro atoms. The Morgan fingerprint density at radius 2 is 2.04 bits per heavy atom. The molecule has 2 heterocycles. The van der Waals surface area contributed by atoms with Gasteiger partial charge in [-0.2, -0.15) is 4.98 Å². The van der Waals surface area contributed by atoms with E-state index in [1.807, 2.05) is 0 Å². The Hall–Kier alpha value is -2.93. The summed E-state index contributed by atoms with van der Waals surface area (Å²) < 4.78 is 24.1. The Morgan fingerprint density at radius 3 is 2.74 bits per heavy atom. The van der Waals surface area contributed by atoms with Gasteiger partial charge in [0.25, 0.3) is 5.89 Å². The molecular formula is C19H15ClFN3O3. The van der Waals surface area contributed by atoms with Crippen LogP contribution in [0.4, 0.5) is 10.1 Å². The summed E-state index contributed by atoms with van der Waals surface area (Å²) >= 11 is 5.90. The van der Waals surface area contributed by atoms with Crippen molar-refractivity contribution in [1.82, 2.24) is 10.1 Å². The smallest absolute Gasteiger partial charge is 0.258 e. The lowest BCUT2D eigenvalue weighted by Crippen LogP contribution is -2.24. The second-order valence-corrected chi connectivity index (χ2v) is 6.63. The molecule has 4 rings (SSSR count). The fourth-order valence-electron chi connectivity index (χ4n) is 3.07. The second-order valence-electron chi connectivity index (χ2n) is 6.19. The van der Waals surface area contributed by atoms with Crippen molar-refractivity contribution in [2.24, 2.45) is 0 Å². The number of nitrogens with zero attached hydrogens (tertiary/aromatic N) is 3. The normalized spacial score (nSPS) is 16.8. The second kappa shape index (κ2) is 7.00. The first-order valence-electron chi connectivity index (χ1n) is 8.28. The van der Waals surface area contributed by atoms with Gasteiger partial charge in [0.05, 0.1) is 7.11 Å². The van der Waals surface area contributed by atoms with E-state index in [9.17, 15) is 9.18 Å². The van der Waals surface area contributed by atoms with Crippen molar-refractivity contribution < 1.29 is 18.4 Å².